The summed E-state index contributed by atoms with van der Waals surface area (Å²) in [5, 5.41) is 0.334. The monoisotopic (exact) mass is 433 g/mol. The number of amides is 1. The van der Waals surface area contributed by atoms with Crippen molar-refractivity contribution in [2.24, 2.45) is 5.73 Å². The van der Waals surface area contributed by atoms with Crippen LogP contribution in [0.5, 0.6) is 17.2 Å². The summed E-state index contributed by atoms with van der Waals surface area (Å²) in [6.45, 7) is -0.454. The number of carbonyl (C=O) groups excluding carboxylic acids is 1. The molecule has 3 rings (SSSR count). The van der Waals surface area contributed by atoms with Gasteiger partial charge in [-0.15, -0.1) is 0 Å². The van der Waals surface area contributed by atoms with Gasteiger partial charge in [0, 0.05) is 5.56 Å². The van der Waals surface area contributed by atoms with Crippen molar-refractivity contribution in [3.05, 3.63) is 51.1 Å². The zero-order chi connectivity index (χ0) is 19.6. The van der Waals surface area contributed by atoms with Crippen LogP contribution in [-0.4, -0.2) is 26.7 Å². The quantitative estimate of drug-likeness (QED) is 0.640. The van der Waals surface area contributed by atoms with E-state index in [0.717, 1.165) is 0 Å². The molecule has 0 aliphatic carbocycles. The van der Waals surface area contributed by atoms with Gasteiger partial charge in [0.15, 0.2) is 23.9 Å². The van der Waals surface area contributed by atoms with Crippen molar-refractivity contribution in [3.63, 3.8) is 0 Å². The van der Waals surface area contributed by atoms with E-state index in [0.29, 0.717) is 32.5 Å². The molecule has 0 bridgehead atoms. The zero-order valence-electron chi connectivity index (χ0n) is 14.6. The van der Waals surface area contributed by atoms with Gasteiger partial charge in [0.05, 0.1) is 24.1 Å². The number of carbonyl (C=O) groups is 1. The molecule has 0 atom stereocenters. The highest BCUT2D eigenvalue weighted by atomic mass is 79.9. The smallest absolute Gasteiger partial charge is 0.255 e. The molecule has 0 fully saturated rings. The SMILES string of the molecule is COc1cc(-c2oc3ccccc3c(=O)c2OCC(N)=O)cc(Br)c1OC. The minimum atomic E-state index is -0.706. The molecule has 0 aliphatic heterocycles. The molecule has 3 aromatic rings. The molecule has 27 heavy (non-hydrogen) atoms. The number of halogens is 1. The minimum absolute atomic E-state index is 0.105. The average Bonchev–Trinajstić information content (AvgIpc) is 2.66. The summed E-state index contributed by atoms with van der Waals surface area (Å²) in [5.41, 5.74) is 5.64. The van der Waals surface area contributed by atoms with Crippen LogP contribution in [0.25, 0.3) is 22.3 Å². The van der Waals surface area contributed by atoms with Crippen molar-refractivity contribution in [3.8, 4) is 28.6 Å². The molecule has 2 aromatic carbocycles. The number of nitrogens with two attached hydrogens (primary N) is 1. The van der Waals surface area contributed by atoms with Gasteiger partial charge in [-0.1, -0.05) is 12.1 Å². The van der Waals surface area contributed by atoms with Crippen molar-refractivity contribution in [1.29, 1.82) is 0 Å². The van der Waals surface area contributed by atoms with Gasteiger partial charge in [-0.3, -0.25) is 9.59 Å². The lowest BCUT2D eigenvalue weighted by molar-refractivity contribution is -0.119. The fourth-order valence-corrected chi connectivity index (χ4v) is 3.24. The number of primary amides is 1. The van der Waals surface area contributed by atoms with E-state index < -0.39 is 17.9 Å². The Kier molecular flexibility index (Phi) is 5.36. The molecule has 8 heteroatoms. The first kappa shape index (κ1) is 18.8. The van der Waals surface area contributed by atoms with Crippen LogP contribution in [0, 0.1) is 0 Å². The fourth-order valence-electron chi connectivity index (χ4n) is 2.64. The average molecular weight is 434 g/mol. The van der Waals surface area contributed by atoms with Gasteiger partial charge in [0.1, 0.15) is 5.58 Å². The van der Waals surface area contributed by atoms with Crippen LogP contribution in [0.3, 0.4) is 0 Å². The summed E-state index contributed by atoms with van der Waals surface area (Å²) >= 11 is 3.41. The third kappa shape index (κ3) is 3.61. The number of hydrogen-bond acceptors (Lipinski definition) is 6. The first-order valence-electron chi connectivity index (χ1n) is 7.85. The Morgan fingerprint density at radius 1 is 1.15 bits per heavy atom. The molecule has 0 radical (unpaired) electrons. The van der Waals surface area contributed by atoms with Crippen molar-refractivity contribution in [2.75, 3.05) is 20.8 Å². The summed E-state index contributed by atoms with van der Waals surface area (Å²) in [6.07, 6.45) is 0. The minimum Gasteiger partial charge on any atom is -0.493 e. The van der Waals surface area contributed by atoms with Gasteiger partial charge in [-0.05, 0) is 40.2 Å². The van der Waals surface area contributed by atoms with E-state index in [1.165, 1.54) is 14.2 Å². The maximum absolute atomic E-state index is 12.9. The number of rotatable bonds is 6. The molecule has 7 nitrogen and oxygen atoms in total. The number of ether oxygens (including phenoxy) is 3. The molecular weight excluding hydrogens is 418 g/mol. The third-order valence-electron chi connectivity index (χ3n) is 3.81. The lowest BCUT2D eigenvalue weighted by Crippen LogP contribution is -2.22. The topological polar surface area (TPSA) is 101 Å². The fraction of sp³-hybridized carbons (Fsp3) is 0.158. The highest BCUT2D eigenvalue weighted by Gasteiger charge is 2.21. The number of para-hydroxylation sites is 1. The Balaban J connectivity index is 2.29. The molecule has 0 saturated heterocycles. The predicted molar refractivity (Wildman–Crippen MR) is 103 cm³/mol. The first-order valence-corrected chi connectivity index (χ1v) is 8.64. The molecule has 1 heterocycles. The Bertz CT molecular complexity index is 1080. The molecule has 140 valence electrons. The van der Waals surface area contributed by atoms with Crippen LogP contribution in [-0.2, 0) is 4.79 Å². The molecule has 1 amide bonds. The number of hydrogen-bond donors (Lipinski definition) is 1. The summed E-state index contributed by atoms with van der Waals surface area (Å²) < 4.78 is 22.6. The van der Waals surface area contributed by atoms with Crippen LogP contribution < -0.4 is 25.4 Å². The number of benzene rings is 2. The van der Waals surface area contributed by atoms with Crippen LogP contribution in [0.15, 0.2) is 50.1 Å². The number of methoxy groups -OCH3 is 2. The van der Waals surface area contributed by atoms with E-state index in [9.17, 15) is 9.59 Å². The van der Waals surface area contributed by atoms with E-state index in [1.807, 2.05) is 0 Å². The largest absolute Gasteiger partial charge is 0.493 e. The summed E-state index contributed by atoms with van der Waals surface area (Å²) in [4.78, 5) is 24.0. The third-order valence-corrected chi connectivity index (χ3v) is 4.40. The summed E-state index contributed by atoms with van der Waals surface area (Å²) in [5.74, 6) is 0.262. The molecule has 0 spiro atoms. The number of fused-ring (bicyclic) bond motifs is 1. The second-order valence-corrected chi connectivity index (χ2v) is 6.39. The Labute approximate surface area is 162 Å². The second-order valence-electron chi connectivity index (χ2n) is 5.53. The molecule has 2 N–H and O–H groups in total. The van der Waals surface area contributed by atoms with Crippen LogP contribution in [0.2, 0.25) is 0 Å². The van der Waals surface area contributed by atoms with Gasteiger partial charge >= 0.3 is 0 Å². The normalized spacial score (nSPS) is 10.6. The van der Waals surface area contributed by atoms with Crippen LogP contribution in [0.4, 0.5) is 0 Å². The Morgan fingerprint density at radius 2 is 1.89 bits per heavy atom. The van der Waals surface area contributed by atoms with Gasteiger partial charge in [-0.2, -0.15) is 0 Å². The van der Waals surface area contributed by atoms with E-state index in [-0.39, 0.29) is 11.5 Å². The van der Waals surface area contributed by atoms with Gasteiger partial charge in [-0.25, -0.2) is 0 Å². The highest BCUT2D eigenvalue weighted by Crippen LogP contribution is 2.41. The highest BCUT2D eigenvalue weighted by molar-refractivity contribution is 9.10. The van der Waals surface area contributed by atoms with Crippen LogP contribution in [0.1, 0.15) is 0 Å². The van der Waals surface area contributed by atoms with Crippen molar-refractivity contribution >= 4 is 32.8 Å². The molecule has 0 aliphatic rings. The van der Waals surface area contributed by atoms with E-state index in [4.69, 9.17) is 24.4 Å². The maximum Gasteiger partial charge on any atom is 0.255 e. The van der Waals surface area contributed by atoms with Crippen molar-refractivity contribution in [2.45, 2.75) is 0 Å². The molecule has 1 aromatic heterocycles. The van der Waals surface area contributed by atoms with E-state index in [2.05, 4.69) is 15.9 Å². The van der Waals surface area contributed by atoms with E-state index in [1.54, 1.807) is 36.4 Å². The van der Waals surface area contributed by atoms with Crippen molar-refractivity contribution in [1.82, 2.24) is 0 Å². The van der Waals surface area contributed by atoms with Gasteiger partial charge in [0.2, 0.25) is 11.2 Å². The van der Waals surface area contributed by atoms with Crippen LogP contribution >= 0.6 is 15.9 Å². The second kappa shape index (κ2) is 7.71. The first-order chi connectivity index (χ1) is 13.0. The van der Waals surface area contributed by atoms with Gasteiger partial charge in [0.25, 0.3) is 5.91 Å². The molecule has 0 saturated carbocycles. The van der Waals surface area contributed by atoms with Crippen molar-refractivity contribution < 1.29 is 23.4 Å². The maximum atomic E-state index is 12.9. The predicted octanol–water partition coefficient (Wildman–Crippen LogP) is 3.10. The lowest BCUT2D eigenvalue weighted by atomic mass is 10.1. The Morgan fingerprint density at radius 3 is 2.56 bits per heavy atom. The van der Waals surface area contributed by atoms with Gasteiger partial charge < -0.3 is 24.4 Å². The van der Waals surface area contributed by atoms with E-state index >= 15 is 0 Å². The summed E-state index contributed by atoms with van der Waals surface area (Å²) in [7, 11) is 3.01. The lowest BCUT2D eigenvalue weighted by Gasteiger charge is -2.14. The standard InChI is InChI=1S/C19H16BrNO6/c1-24-14-8-10(7-12(20)18(14)25-2)17-19(26-9-15(21)22)16(23)11-5-3-4-6-13(11)27-17/h3-8H,9H2,1-2H3,(H2,21,22). The molecule has 0 unspecified atom stereocenters. The Hall–Kier alpha value is -3.00. The summed E-state index contributed by atoms with van der Waals surface area (Å²) in [6, 6.07) is 10.1. The molecular formula is C19H16BrNO6. The zero-order valence-corrected chi connectivity index (χ0v) is 16.2.